The Morgan fingerprint density at radius 3 is 2.48 bits per heavy atom. The normalized spacial score (nSPS) is 12.0. The maximum Gasteiger partial charge on any atom is 0.270 e. The van der Waals surface area contributed by atoms with E-state index in [9.17, 15) is 9.59 Å². The molecule has 0 bridgehead atoms. The van der Waals surface area contributed by atoms with Crippen LogP contribution < -0.4 is 10.6 Å². The van der Waals surface area contributed by atoms with E-state index in [-0.39, 0.29) is 17.7 Å². The summed E-state index contributed by atoms with van der Waals surface area (Å²) in [4.78, 5) is 33.5. The van der Waals surface area contributed by atoms with Gasteiger partial charge in [-0.05, 0) is 35.7 Å². The summed E-state index contributed by atoms with van der Waals surface area (Å²) in [5.41, 5.74) is 1.98. The first kappa shape index (κ1) is 18.5. The molecule has 3 rings (SSSR count). The van der Waals surface area contributed by atoms with Crippen LogP contribution in [0.2, 0.25) is 0 Å². The highest BCUT2D eigenvalue weighted by molar-refractivity contribution is 5.97. The Balaban J connectivity index is 1.68. The second kappa shape index (κ2) is 8.40. The van der Waals surface area contributed by atoms with Crippen LogP contribution in [0.4, 0.5) is 0 Å². The van der Waals surface area contributed by atoms with E-state index < -0.39 is 6.04 Å². The predicted molar refractivity (Wildman–Crippen MR) is 104 cm³/mol. The monoisotopic (exact) mass is 362 g/mol. The van der Waals surface area contributed by atoms with E-state index in [1.54, 1.807) is 18.5 Å². The minimum atomic E-state index is -0.646. The second-order valence-electron chi connectivity index (χ2n) is 6.66. The Labute approximate surface area is 158 Å². The molecule has 0 aliphatic rings. The summed E-state index contributed by atoms with van der Waals surface area (Å²) in [6, 6.07) is 14.1. The zero-order chi connectivity index (χ0) is 19.2. The van der Waals surface area contributed by atoms with Crippen LogP contribution in [0.15, 0.2) is 60.9 Å². The third-order valence-electron chi connectivity index (χ3n) is 4.28. The smallest absolute Gasteiger partial charge is 0.270 e. The Kier molecular flexibility index (Phi) is 5.76. The lowest BCUT2D eigenvalue weighted by Crippen LogP contribution is -2.49. The van der Waals surface area contributed by atoms with Gasteiger partial charge in [0, 0.05) is 24.3 Å². The first-order chi connectivity index (χ1) is 13.0. The summed E-state index contributed by atoms with van der Waals surface area (Å²) in [5, 5.41) is 6.64. The minimum absolute atomic E-state index is 0.0631. The number of carbonyl (C=O) groups excluding carboxylic acids is 2. The van der Waals surface area contributed by atoms with Gasteiger partial charge >= 0.3 is 0 Å². The van der Waals surface area contributed by atoms with Gasteiger partial charge < -0.3 is 10.6 Å². The molecule has 0 saturated heterocycles. The van der Waals surface area contributed by atoms with Gasteiger partial charge in [-0.25, -0.2) is 4.98 Å². The van der Waals surface area contributed by atoms with Crippen LogP contribution in [-0.4, -0.2) is 27.8 Å². The molecule has 2 amide bonds. The molecular formula is C21H22N4O2. The Morgan fingerprint density at radius 1 is 1.00 bits per heavy atom. The van der Waals surface area contributed by atoms with Crippen LogP contribution in [0.3, 0.4) is 0 Å². The number of nitrogens with one attached hydrogen (secondary N) is 2. The molecule has 0 fully saturated rings. The highest BCUT2D eigenvalue weighted by atomic mass is 16.2. The van der Waals surface area contributed by atoms with Gasteiger partial charge in [0.1, 0.15) is 11.7 Å². The van der Waals surface area contributed by atoms with E-state index in [2.05, 4.69) is 20.6 Å². The second-order valence-corrected chi connectivity index (χ2v) is 6.66. The quantitative estimate of drug-likeness (QED) is 0.706. The molecule has 138 valence electrons. The number of hydrogen-bond donors (Lipinski definition) is 2. The largest absolute Gasteiger partial charge is 0.350 e. The summed E-state index contributed by atoms with van der Waals surface area (Å²) in [7, 11) is 0. The Hall–Kier alpha value is -3.28. The molecule has 6 nitrogen and oxygen atoms in total. The van der Waals surface area contributed by atoms with Gasteiger partial charge in [-0.2, -0.15) is 0 Å². The lowest BCUT2D eigenvalue weighted by atomic mass is 10.0. The summed E-state index contributed by atoms with van der Waals surface area (Å²) < 4.78 is 0. The van der Waals surface area contributed by atoms with Gasteiger partial charge in [-0.15, -0.1) is 0 Å². The average molecular weight is 362 g/mol. The fraction of sp³-hybridized carbons (Fsp3) is 0.238. The van der Waals surface area contributed by atoms with Crippen molar-refractivity contribution in [3.8, 4) is 0 Å². The molecule has 3 aromatic rings. The zero-order valence-corrected chi connectivity index (χ0v) is 15.3. The third kappa shape index (κ3) is 4.67. The molecule has 2 aromatic heterocycles. The van der Waals surface area contributed by atoms with Gasteiger partial charge in [0.15, 0.2) is 0 Å². The highest BCUT2D eigenvalue weighted by Crippen LogP contribution is 2.12. The SMILES string of the molecule is CC(C)[C@@H](NC(=O)c1ccc2ccccc2n1)C(=O)NCc1ccncc1. The third-order valence-corrected chi connectivity index (χ3v) is 4.28. The number of benzene rings is 1. The highest BCUT2D eigenvalue weighted by Gasteiger charge is 2.25. The van der Waals surface area contributed by atoms with E-state index in [4.69, 9.17) is 0 Å². The minimum Gasteiger partial charge on any atom is -0.350 e. The van der Waals surface area contributed by atoms with Crippen molar-refractivity contribution >= 4 is 22.7 Å². The number of amides is 2. The van der Waals surface area contributed by atoms with Crippen molar-refractivity contribution in [2.45, 2.75) is 26.4 Å². The summed E-state index contributed by atoms with van der Waals surface area (Å²) in [6.07, 6.45) is 3.35. The zero-order valence-electron chi connectivity index (χ0n) is 15.3. The molecular weight excluding hydrogens is 340 g/mol. The van der Waals surface area contributed by atoms with Gasteiger partial charge in [0.25, 0.3) is 5.91 Å². The van der Waals surface area contributed by atoms with E-state index in [0.717, 1.165) is 16.5 Å². The molecule has 0 aliphatic carbocycles. The maximum atomic E-state index is 12.6. The number of aromatic nitrogens is 2. The van der Waals surface area contributed by atoms with Crippen LogP contribution in [0.1, 0.15) is 29.9 Å². The van der Waals surface area contributed by atoms with Crippen molar-refractivity contribution in [1.82, 2.24) is 20.6 Å². The molecule has 2 heterocycles. The molecule has 0 spiro atoms. The number of hydrogen-bond acceptors (Lipinski definition) is 4. The Morgan fingerprint density at radius 2 is 1.74 bits per heavy atom. The summed E-state index contributed by atoms with van der Waals surface area (Å²) in [5.74, 6) is -0.652. The number of rotatable bonds is 6. The first-order valence-electron chi connectivity index (χ1n) is 8.88. The number of fused-ring (bicyclic) bond motifs is 1. The molecule has 0 unspecified atom stereocenters. The van der Waals surface area contributed by atoms with Gasteiger partial charge in [-0.3, -0.25) is 14.6 Å². The molecule has 6 heteroatoms. The van der Waals surface area contributed by atoms with E-state index in [0.29, 0.717) is 12.2 Å². The van der Waals surface area contributed by atoms with Crippen molar-refractivity contribution in [3.63, 3.8) is 0 Å². The number of carbonyl (C=O) groups is 2. The van der Waals surface area contributed by atoms with Crippen molar-refractivity contribution in [2.75, 3.05) is 0 Å². The number of pyridine rings is 2. The van der Waals surface area contributed by atoms with Crippen molar-refractivity contribution in [1.29, 1.82) is 0 Å². The van der Waals surface area contributed by atoms with Crippen LogP contribution in [0.5, 0.6) is 0 Å². The van der Waals surface area contributed by atoms with E-state index >= 15 is 0 Å². The number of para-hydroxylation sites is 1. The molecule has 27 heavy (non-hydrogen) atoms. The lowest BCUT2D eigenvalue weighted by Gasteiger charge is -2.21. The maximum absolute atomic E-state index is 12.6. The van der Waals surface area contributed by atoms with Crippen molar-refractivity contribution in [3.05, 3.63) is 72.2 Å². The summed E-state index contributed by atoms with van der Waals surface area (Å²) in [6.45, 7) is 4.17. The van der Waals surface area contributed by atoms with Gasteiger partial charge in [0.2, 0.25) is 5.91 Å². The number of nitrogens with zero attached hydrogens (tertiary/aromatic N) is 2. The van der Waals surface area contributed by atoms with Gasteiger partial charge in [-0.1, -0.05) is 38.1 Å². The molecule has 0 saturated carbocycles. The summed E-state index contributed by atoms with van der Waals surface area (Å²) >= 11 is 0. The molecule has 0 aliphatic heterocycles. The van der Waals surface area contributed by atoms with Crippen LogP contribution in [0, 0.1) is 5.92 Å². The fourth-order valence-corrected chi connectivity index (χ4v) is 2.74. The van der Waals surface area contributed by atoms with E-state index in [1.165, 1.54) is 0 Å². The molecule has 1 atom stereocenters. The van der Waals surface area contributed by atoms with Crippen molar-refractivity contribution < 1.29 is 9.59 Å². The van der Waals surface area contributed by atoms with E-state index in [1.807, 2.05) is 56.3 Å². The fourth-order valence-electron chi connectivity index (χ4n) is 2.74. The molecule has 2 N–H and O–H groups in total. The standard InChI is InChI=1S/C21H22N4O2/c1-14(2)19(21(27)23-13-15-9-11-22-12-10-15)25-20(26)18-8-7-16-5-3-4-6-17(16)24-18/h3-12,14,19H,13H2,1-2H3,(H,23,27)(H,25,26)/t19-/m1/s1. The Bertz CT molecular complexity index is 941. The average Bonchev–Trinajstić information content (AvgIpc) is 2.70. The van der Waals surface area contributed by atoms with Crippen LogP contribution >= 0.6 is 0 Å². The first-order valence-corrected chi connectivity index (χ1v) is 8.88. The lowest BCUT2D eigenvalue weighted by molar-refractivity contribution is -0.124. The van der Waals surface area contributed by atoms with Crippen molar-refractivity contribution in [2.24, 2.45) is 5.92 Å². The molecule has 0 radical (unpaired) electrons. The predicted octanol–water partition coefficient (Wildman–Crippen LogP) is 2.70. The molecule has 1 aromatic carbocycles. The topological polar surface area (TPSA) is 84.0 Å². The van der Waals surface area contributed by atoms with Crippen LogP contribution in [0.25, 0.3) is 10.9 Å². The van der Waals surface area contributed by atoms with Crippen LogP contribution in [-0.2, 0) is 11.3 Å². The van der Waals surface area contributed by atoms with Gasteiger partial charge in [0.05, 0.1) is 5.52 Å².